The van der Waals surface area contributed by atoms with Crippen molar-refractivity contribution in [2.45, 2.75) is 40.8 Å². The van der Waals surface area contributed by atoms with Gasteiger partial charge in [-0.2, -0.15) is 0 Å². The summed E-state index contributed by atoms with van der Waals surface area (Å²) in [5, 5.41) is 5.41. The number of aryl methyl sites for hydroxylation is 4. The maximum atomic E-state index is 5.14. The van der Waals surface area contributed by atoms with Crippen LogP contribution in [-0.2, 0) is 0 Å². The van der Waals surface area contributed by atoms with Crippen molar-refractivity contribution in [1.82, 2.24) is 24.5 Å². The monoisotopic (exact) mass is 740 g/mol. The Kier molecular flexibility index (Phi) is 7.77. The third kappa shape index (κ3) is 5.51. The van der Waals surface area contributed by atoms with Gasteiger partial charge in [-0.25, -0.2) is 0 Å². The Morgan fingerprint density at radius 1 is 0.464 bits per heavy atom. The Morgan fingerprint density at radius 3 is 1.59 bits per heavy atom. The molecule has 0 unspecified atom stereocenters. The van der Waals surface area contributed by atoms with Crippen LogP contribution in [0, 0.1) is 27.7 Å². The third-order valence-corrected chi connectivity index (χ3v) is 15.7. The Bertz CT molecular complexity index is 2900. The summed E-state index contributed by atoms with van der Waals surface area (Å²) in [5.74, 6) is 1.99. The first kappa shape index (κ1) is 34.0. The van der Waals surface area contributed by atoms with E-state index in [1.54, 1.807) is 0 Å². The van der Waals surface area contributed by atoms with E-state index in [2.05, 4.69) is 179 Å². The van der Waals surface area contributed by atoms with Crippen LogP contribution in [0.5, 0.6) is 0 Å². The predicted molar refractivity (Wildman–Crippen MR) is 236 cm³/mol. The number of aromatic nitrogens is 5. The van der Waals surface area contributed by atoms with Crippen LogP contribution in [0.4, 0.5) is 0 Å². The van der Waals surface area contributed by atoms with Crippen molar-refractivity contribution < 1.29 is 0 Å². The van der Waals surface area contributed by atoms with E-state index in [4.69, 9.17) is 19.9 Å². The van der Waals surface area contributed by atoms with Crippen molar-refractivity contribution in [3.8, 4) is 62.2 Å². The molecule has 0 saturated carbocycles. The van der Waals surface area contributed by atoms with Crippen LogP contribution in [0.25, 0.3) is 84.0 Å². The molecule has 0 saturated heterocycles. The Morgan fingerprint density at radius 2 is 1.00 bits per heavy atom. The van der Waals surface area contributed by atoms with Gasteiger partial charge in [0.2, 0.25) is 0 Å². The third-order valence-electron chi connectivity index (χ3n) is 11.6. The molecule has 6 aromatic carbocycles. The topological polar surface area (TPSA) is 56.5 Å². The Hall–Kier alpha value is -6.50. The van der Waals surface area contributed by atoms with Gasteiger partial charge >= 0.3 is 330 Å². The number of fused-ring (bicyclic) bond motifs is 6. The molecule has 6 heteroatoms. The van der Waals surface area contributed by atoms with Crippen LogP contribution in [0.15, 0.2) is 140 Å². The van der Waals surface area contributed by atoms with Gasteiger partial charge in [0.05, 0.1) is 0 Å². The summed E-state index contributed by atoms with van der Waals surface area (Å²) in [6, 6.07) is 48.4. The van der Waals surface area contributed by atoms with Crippen LogP contribution in [-0.4, -0.2) is 32.6 Å². The van der Waals surface area contributed by atoms with Gasteiger partial charge in [0, 0.05) is 0 Å². The average molecular weight is 741 g/mol. The second kappa shape index (κ2) is 12.8. The molecule has 0 radical (unpaired) electrons. The number of hydrogen-bond acceptors (Lipinski definition) is 4. The van der Waals surface area contributed by atoms with Gasteiger partial charge in [-0.3, -0.25) is 0 Å². The number of rotatable bonds is 5. The molecule has 56 heavy (non-hydrogen) atoms. The van der Waals surface area contributed by atoms with E-state index in [0.29, 0.717) is 17.5 Å². The molecule has 0 N–H and O–H groups in total. The van der Waals surface area contributed by atoms with E-state index in [1.165, 1.54) is 71.2 Å². The second-order valence-corrected chi connectivity index (χ2v) is 21.2. The second-order valence-electron chi connectivity index (χ2n) is 16.3. The van der Waals surface area contributed by atoms with Gasteiger partial charge < -0.3 is 0 Å². The standard InChI is InChI=1S/C50H42N5Si/c1-30-22-31(2)25-36(24-30)49-52-48(53-50(54-49)37-26-32(3)23-33(4)27-37)35-13-11-12-34(28-35)46-47-41(20-21-51-46)42-29-38(18-19-45(42)56(47,5)6)55-43-16-9-7-14-39(43)40-15-8-10-17-44(40)55/h7-29,56H,1-6H3/q-1. The number of benzene rings is 6. The van der Waals surface area contributed by atoms with Crippen LogP contribution >= 0.6 is 0 Å². The number of para-hydroxylation sites is 2. The van der Waals surface area contributed by atoms with Crippen molar-refractivity contribution in [3.05, 3.63) is 162 Å². The zero-order chi connectivity index (χ0) is 38.3. The Labute approximate surface area is 328 Å². The van der Waals surface area contributed by atoms with E-state index in [1.807, 2.05) is 6.20 Å². The van der Waals surface area contributed by atoms with Gasteiger partial charge in [-0.15, -0.1) is 0 Å². The van der Waals surface area contributed by atoms with Crippen LogP contribution in [0.3, 0.4) is 0 Å². The number of nitrogens with zero attached hydrogens (tertiary/aromatic N) is 5. The molecular formula is C50H42N5Si-. The molecule has 0 spiro atoms. The minimum absolute atomic E-state index is 0.649. The zero-order valence-electron chi connectivity index (χ0n) is 32.6. The SMILES string of the molecule is Cc1cc(C)cc(-c2nc(-c3cc(C)cc(C)c3)nc(-c3cccc(-c4nccc5c4[SiH-](C)(C)c4ccc(-n6c7ccccc7c7ccccc76)cc4-5)c3)n2)c1. The van der Waals surface area contributed by atoms with Crippen molar-refractivity contribution >= 4 is 40.3 Å². The molecule has 272 valence electrons. The van der Waals surface area contributed by atoms with E-state index >= 15 is 0 Å². The fourth-order valence-electron chi connectivity index (χ4n) is 9.35. The zero-order valence-corrected chi connectivity index (χ0v) is 33.7. The van der Waals surface area contributed by atoms with Crippen molar-refractivity contribution in [2.75, 3.05) is 0 Å². The predicted octanol–water partition coefficient (Wildman–Crippen LogP) is 10.8. The molecule has 5 nitrogen and oxygen atoms in total. The van der Waals surface area contributed by atoms with E-state index in [9.17, 15) is 0 Å². The summed E-state index contributed by atoms with van der Waals surface area (Å²) in [5.41, 5.74) is 16.0. The molecule has 0 amide bonds. The maximum absolute atomic E-state index is 5.14. The Balaban J connectivity index is 1.11. The van der Waals surface area contributed by atoms with Crippen LogP contribution < -0.4 is 10.4 Å². The first-order valence-electron chi connectivity index (χ1n) is 19.5. The number of pyridine rings is 1. The van der Waals surface area contributed by atoms with Gasteiger partial charge in [-0.1, -0.05) is 0 Å². The molecule has 4 heterocycles. The molecular weight excluding hydrogens is 699 g/mol. The molecule has 0 bridgehead atoms. The fraction of sp³-hybridized carbons (Fsp3) is 0.120. The molecule has 10 rings (SSSR count). The average Bonchev–Trinajstić information content (AvgIpc) is 3.65. The van der Waals surface area contributed by atoms with Gasteiger partial charge in [0.1, 0.15) is 0 Å². The quantitative estimate of drug-likeness (QED) is 0.165. The van der Waals surface area contributed by atoms with E-state index in [0.717, 1.165) is 27.9 Å². The van der Waals surface area contributed by atoms with Gasteiger partial charge in [0.15, 0.2) is 0 Å². The molecule has 0 atom stereocenters. The number of hydrogen-bond donors (Lipinski definition) is 0. The molecule has 0 aliphatic carbocycles. The fourth-order valence-corrected chi connectivity index (χ4v) is 13.2. The summed E-state index contributed by atoms with van der Waals surface area (Å²) < 4.78 is 2.42. The summed E-state index contributed by atoms with van der Waals surface area (Å²) in [6.45, 7) is 13.5. The normalized spacial score (nSPS) is 13.5. The minimum atomic E-state index is -2.54. The summed E-state index contributed by atoms with van der Waals surface area (Å²) >= 11 is 0. The van der Waals surface area contributed by atoms with Crippen LogP contribution in [0.2, 0.25) is 13.1 Å². The van der Waals surface area contributed by atoms with Gasteiger partial charge in [-0.05, 0) is 0 Å². The van der Waals surface area contributed by atoms with E-state index < -0.39 is 8.07 Å². The summed E-state index contributed by atoms with van der Waals surface area (Å²) in [4.78, 5) is 20.5. The summed E-state index contributed by atoms with van der Waals surface area (Å²) in [6.07, 6.45) is 1.98. The molecule has 3 aromatic heterocycles. The molecule has 9 aromatic rings. The van der Waals surface area contributed by atoms with Crippen LogP contribution in [0.1, 0.15) is 22.3 Å². The molecule has 1 aliphatic rings. The van der Waals surface area contributed by atoms with E-state index in [-0.39, 0.29) is 0 Å². The van der Waals surface area contributed by atoms with Gasteiger partial charge in [0.25, 0.3) is 0 Å². The molecule has 0 fully saturated rings. The summed E-state index contributed by atoms with van der Waals surface area (Å²) in [7, 11) is -2.54. The van der Waals surface area contributed by atoms with Crippen molar-refractivity contribution in [1.29, 1.82) is 0 Å². The van der Waals surface area contributed by atoms with Crippen molar-refractivity contribution in [3.63, 3.8) is 0 Å². The first-order chi connectivity index (χ1) is 27.1. The van der Waals surface area contributed by atoms with Crippen molar-refractivity contribution in [2.24, 2.45) is 0 Å². The molecule has 1 aliphatic heterocycles. The first-order valence-corrected chi connectivity index (χ1v) is 23.0.